The van der Waals surface area contributed by atoms with Crippen LogP contribution in [0.2, 0.25) is 0 Å². The zero-order valence-electron chi connectivity index (χ0n) is 12.8. The van der Waals surface area contributed by atoms with E-state index in [0.29, 0.717) is 0 Å². The topological polar surface area (TPSA) is 32.3 Å². The van der Waals surface area contributed by atoms with Crippen LogP contribution in [0.3, 0.4) is 0 Å². The maximum atomic E-state index is 10.8. The van der Waals surface area contributed by atoms with Gasteiger partial charge in [-0.25, -0.2) is 0 Å². The van der Waals surface area contributed by atoms with Gasteiger partial charge in [-0.2, -0.15) is 0 Å². The number of aliphatic hydroxyl groups is 1. The molecule has 4 fully saturated rings. The van der Waals surface area contributed by atoms with E-state index >= 15 is 0 Å². The molecule has 1 aromatic carbocycles. The smallest absolute Gasteiger partial charge is 0.0670 e. The Kier molecular flexibility index (Phi) is 3.36. The van der Waals surface area contributed by atoms with Crippen LogP contribution in [0.15, 0.2) is 29.2 Å². The summed E-state index contributed by atoms with van der Waals surface area (Å²) < 4.78 is 0. The van der Waals surface area contributed by atoms with Crippen molar-refractivity contribution < 1.29 is 5.11 Å². The van der Waals surface area contributed by atoms with Crippen LogP contribution < -0.4 is 5.32 Å². The van der Waals surface area contributed by atoms with Crippen LogP contribution in [0.1, 0.15) is 44.1 Å². The molecule has 0 heterocycles. The van der Waals surface area contributed by atoms with Gasteiger partial charge in [0.05, 0.1) is 5.60 Å². The molecule has 4 saturated carbocycles. The summed E-state index contributed by atoms with van der Waals surface area (Å²) in [5.74, 6) is 1.50. The molecule has 2 atom stereocenters. The maximum Gasteiger partial charge on any atom is 0.0670 e. The third-order valence-electron chi connectivity index (χ3n) is 5.86. The molecular formula is C18H25NOS. The van der Waals surface area contributed by atoms with E-state index in [2.05, 4.69) is 35.8 Å². The SMILES string of the molecule is CSc1ccc(CNC23C[C@H]4C[C@@H](CC(O)(C4)C2)C3)cc1. The van der Waals surface area contributed by atoms with Gasteiger partial charge in [0.2, 0.25) is 0 Å². The summed E-state index contributed by atoms with van der Waals surface area (Å²) in [6, 6.07) is 8.87. The molecule has 0 spiro atoms. The van der Waals surface area contributed by atoms with Gasteiger partial charge in [0.25, 0.3) is 0 Å². The number of nitrogens with one attached hydrogen (secondary N) is 1. The molecule has 21 heavy (non-hydrogen) atoms. The van der Waals surface area contributed by atoms with Crippen LogP contribution in [0, 0.1) is 11.8 Å². The summed E-state index contributed by atoms with van der Waals surface area (Å²) in [4.78, 5) is 1.32. The predicted octanol–water partition coefficient (Wildman–Crippen LogP) is 3.58. The first-order chi connectivity index (χ1) is 10.1. The normalized spacial score (nSPS) is 40.7. The van der Waals surface area contributed by atoms with Gasteiger partial charge in [-0.3, -0.25) is 0 Å². The van der Waals surface area contributed by atoms with E-state index in [9.17, 15) is 5.11 Å². The van der Waals surface area contributed by atoms with Crippen molar-refractivity contribution in [3.8, 4) is 0 Å². The highest BCUT2D eigenvalue weighted by Gasteiger charge is 2.56. The lowest BCUT2D eigenvalue weighted by Crippen LogP contribution is -2.64. The van der Waals surface area contributed by atoms with Gasteiger partial charge in [0, 0.05) is 17.0 Å². The number of thioether (sulfide) groups is 1. The first-order valence-corrected chi connectivity index (χ1v) is 9.41. The first-order valence-electron chi connectivity index (χ1n) is 8.19. The van der Waals surface area contributed by atoms with Crippen LogP contribution in [-0.2, 0) is 6.54 Å². The fraction of sp³-hybridized carbons (Fsp3) is 0.667. The molecule has 1 aromatic rings. The highest BCUT2D eigenvalue weighted by molar-refractivity contribution is 7.98. The molecule has 4 bridgehead atoms. The van der Waals surface area contributed by atoms with Crippen molar-refractivity contribution in [1.29, 1.82) is 0 Å². The van der Waals surface area contributed by atoms with Crippen LogP contribution in [0.4, 0.5) is 0 Å². The molecule has 4 aliphatic rings. The Hall–Kier alpha value is -0.510. The number of hydrogen-bond donors (Lipinski definition) is 2. The summed E-state index contributed by atoms with van der Waals surface area (Å²) in [5.41, 5.74) is 1.20. The standard InChI is InChI=1S/C18H25NOS/c1-21-16-4-2-13(3-5-16)11-19-17-7-14-6-15(8-17)10-18(20,9-14)12-17/h2-5,14-15,19-20H,6-12H2,1H3/t14-,15-,17?,18?/m1/s1. The molecule has 0 radical (unpaired) electrons. The van der Waals surface area contributed by atoms with Crippen LogP contribution in [-0.4, -0.2) is 22.5 Å². The largest absolute Gasteiger partial charge is 0.390 e. The molecule has 3 heteroatoms. The average molecular weight is 303 g/mol. The van der Waals surface area contributed by atoms with E-state index in [0.717, 1.165) is 37.6 Å². The van der Waals surface area contributed by atoms with Crippen molar-refractivity contribution in [2.75, 3.05) is 6.26 Å². The molecule has 0 unspecified atom stereocenters. The third kappa shape index (κ3) is 2.64. The number of hydrogen-bond acceptors (Lipinski definition) is 3. The monoisotopic (exact) mass is 303 g/mol. The van der Waals surface area contributed by atoms with E-state index in [1.165, 1.54) is 29.7 Å². The lowest BCUT2D eigenvalue weighted by molar-refractivity contribution is -0.142. The second-order valence-electron chi connectivity index (χ2n) is 7.67. The van der Waals surface area contributed by atoms with Crippen LogP contribution in [0.25, 0.3) is 0 Å². The second-order valence-corrected chi connectivity index (χ2v) is 8.55. The Bertz CT molecular complexity index is 513. The highest BCUT2D eigenvalue weighted by Crippen LogP contribution is 2.57. The summed E-state index contributed by atoms with van der Waals surface area (Å²) >= 11 is 1.79. The molecule has 0 saturated heterocycles. The van der Waals surface area contributed by atoms with Crippen LogP contribution >= 0.6 is 11.8 Å². The Morgan fingerprint density at radius 3 is 2.38 bits per heavy atom. The van der Waals surface area contributed by atoms with Gasteiger partial charge in [-0.15, -0.1) is 11.8 Å². The zero-order chi connectivity index (χ0) is 14.5. The van der Waals surface area contributed by atoms with Crippen LogP contribution in [0.5, 0.6) is 0 Å². The first kappa shape index (κ1) is 14.1. The van der Waals surface area contributed by atoms with Crippen molar-refractivity contribution in [1.82, 2.24) is 5.32 Å². The Morgan fingerprint density at radius 1 is 1.14 bits per heavy atom. The predicted molar refractivity (Wildman–Crippen MR) is 87.4 cm³/mol. The van der Waals surface area contributed by atoms with Gasteiger partial charge >= 0.3 is 0 Å². The lowest BCUT2D eigenvalue weighted by atomic mass is 9.51. The zero-order valence-corrected chi connectivity index (χ0v) is 13.6. The van der Waals surface area contributed by atoms with E-state index in [1.807, 2.05) is 0 Å². The molecule has 2 nitrogen and oxygen atoms in total. The third-order valence-corrected chi connectivity index (χ3v) is 6.60. The fourth-order valence-corrected chi connectivity index (χ4v) is 5.86. The summed E-state index contributed by atoms with van der Waals surface area (Å²) in [6.07, 6.45) is 9.08. The number of rotatable bonds is 4. The molecule has 2 N–H and O–H groups in total. The van der Waals surface area contributed by atoms with Gasteiger partial charge in [-0.05, 0) is 74.3 Å². The van der Waals surface area contributed by atoms with Crippen molar-refractivity contribution in [3.05, 3.63) is 29.8 Å². The molecule has 114 valence electrons. The second kappa shape index (κ2) is 5.00. The average Bonchev–Trinajstić information content (AvgIpc) is 2.43. The quantitative estimate of drug-likeness (QED) is 0.834. The van der Waals surface area contributed by atoms with Gasteiger partial charge in [0.1, 0.15) is 0 Å². The minimum atomic E-state index is -0.361. The molecule has 4 aliphatic carbocycles. The summed E-state index contributed by atoms with van der Waals surface area (Å²) in [7, 11) is 0. The van der Waals surface area contributed by atoms with E-state index in [4.69, 9.17) is 0 Å². The molecule has 0 aliphatic heterocycles. The van der Waals surface area contributed by atoms with E-state index in [-0.39, 0.29) is 11.1 Å². The fourth-order valence-electron chi connectivity index (χ4n) is 5.45. The Balaban J connectivity index is 1.46. The molecule has 0 aromatic heterocycles. The summed E-state index contributed by atoms with van der Waals surface area (Å²) in [5, 5.41) is 14.6. The van der Waals surface area contributed by atoms with Crippen molar-refractivity contribution in [2.45, 2.75) is 61.1 Å². The van der Waals surface area contributed by atoms with Crippen molar-refractivity contribution in [2.24, 2.45) is 11.8 Å². The molecular weight excluding hydrogens is 278 g/mol. The number of benzene rings is 1. The van der Waals surface area contributed by atoms with Crippen molar-refractivity contribution in [3.63, 3.8) is 0 Å². The van der Waals surface area contributed by atoms with Crippen molar-refractivity contribution >= 4 is 11.8 Å². The lowest BCUT2D eigenvalue weighted by Gasteiger charge is -2.60. The molecule has 0 amide bonds. The minimum Gasteiger partial charge on any atom is -0.390 e. The van der Waals surface area contributed by atoms with Gasteiger partial charge < -0.3 is 10.4 Å². The van der Waals surface area contributed by atoms with E-state index < -0.39 is 0 Å². The van der Waals surface area contributed by atoms with Gasteiger partial charge in [0.15, 0.2) is 0 Å². The summed E-state index contributed by atoms with van der Waals surface area (Å²) in [6.45, 7) is 0.935. The maximum absolute atomic E-state index is 10.8. The Morgan fingerprint density at radius 2 is 1.81 bits per heavy atom. The molecule has 5 rings (SSSR count). The van der Waals surface area contributed by atoms with E-state index in [1.54, 1.807) is 11.8 Å². The minimum absolute atomic E-state index is 0.205. The van der Waals surface area contributed by atoms with Gasteiger partial charge in [-0.1, -0.05) is 12.1 Å². The highest BCUT2D eigenvalue weighted by atomic mass is 32.2. The Labute approximate surface area is 131 Å².